The fraction of sp³-hybridized carbons (Fsp3) is 0.462. The van der Waals surface area contributed by atoms with Crippen LogP contribution in [0.5, 0.6) is 0 Å². The van der Waals surface area contributed by atoms with Crippen molar-refractivity contribution >= 4 is 17.6 Å². The molecule has 6 heteroatoms. The van der Waals surface area contributed by atoms with E-state index >= 15 is 0 Å². The Hall–Kier alpha value is -1.20. The van der Waals surface area contributed by atoms with E-state index in [9.17, 15) is 18.7 Å². The molecule has 0 amide bonds. The molecule has 19 heavy (non-hydrogen) atoms. The van der Waals surface area contributed by atoms with Gasteiger partial charge in [0, 0.05) is 10.6 Å². The molecule has 106 valence electrons. The molecule has 1 aromatic rings. The zero-order valence-corrected chi connectivity index (χ0v) is 11.3. The molecule has 1 unspecified atom stereocenters. The largest absolute Gasteiger partial charge is 0.481 e. The van der Waals surface area contributed by atoms with Gasteiger partial charge in [-0.15, -0.1) is 0 Å². The summed E-state index contributed by atoms with van der Waals surface area (Å²) >= 11 is 5.75. The van der Waals surface area contributed by atoms with E-state index in [1.54, 1.807) is 13.8 Å². The number of aliphatic carboxylic acids is 1. The SMILES string of the molecule is CC(C)(CC(=O)O)CC(O)c1cc(F)c(F)cc1Cl. The van der Waals surface area contributed by atoms with Crippen LogP contribution < -0.4 is 0 Å². The average molecular weight is 293 g/mol. The summed E-state index contributed by atoms with van der Waals surface area (Å²) in [6.07, 6.45) is -1.23. The van der Waals surface area contributed by atoms with E-state index in [1.165, 1.54) is 0 Å². The fourth-order valence-corrected chi connectivity index (χ4v) is 2.18. The average Bonchev–Trinajstić information content (AvgIpc) is 2.20. The number of carbonyl (C=O) groups is 1. The zero-order chi connectivity index (χ0) is 14.8. The van der Waals surface area contributed by atoms with Gasteiger partial charge in [-0.1, -0.05) is 25.4 Å². The Balaban J connectivity index is 2.92. The number of hydrogen-bond acceptors (Lipinski definition) is 2. The first-order valence-corrected chi connectivity index (χ1v) is 6.04. The molecule has 1 aromatic carbocycles. The fourth-order valence-electron chi connectivity index (χ4n) is 1.91. The summed E-state index contributed by atoms with van der Waals surface area (Å²) in [6, 6.07) is 1.62. The first-order chi connectivity index (χ1) is 8.62. The molecule has 0 saturated heterocycles. The number of benzene rings is 1. The molecule has 1 atom stereocenters. The maximum absolute atomic E-state index is 13.1. The molecule has 0 spiro atoms. The van der Waals surface area contributed by atoms with Gasteiger partial charge in [-0.05, 0) is 24.0 Å². The Morgan fingerprint density at radius 1 is 1.37 bits per heavy atom. The van der Waals surface area contributed by atoms with Crippen LogP contribution in [0, 0.1) is 17.0 Å². The summed E-state index contributed by atoms with van der Waals surface area (Å²) in [5.74, 6) is -3.19. The molecule has 0 radical (unpaired) electrons. The van der Waals surface area contributed by atoms with Crippen LogP contribution in [0.3, 0.4) is 0 Å². The Kier molecular flexibility index (Phi) is 4.87. The van der Waals surface area contributed by atoms with Crippen molar-refractivity contribution in [3.63, 3.8) is 0 Å². The van der Waals surface area contributed by atoms with Crippen LogP contribution in [0.1, 0.15) is 38.4 Å². The van der Waals surface area contributed by atoms with Gasteiger partial charge in [0.15, 0.2) is 11.6 Å². The van der Waals surface area contributed by atoms with Gasteiger partial charge < -0.3 is 10.2 Å². The summed E-state index contributed by atoms with van der Waals surface area (Å²) in [5.41, 5.74) is -0.640. The molecule has 0 bridgehead atoms. The van der Waals surface area contributed by atoms with Crippen LogP contribution in [0.15, 0.2) is 12.1 Å². The Labute approximate surface area is 114 Å². The standard InChI is InChI=1S/C13H15ClF2O3/c1-13(2,6-12(18)19)5-11(17)7-3-9(15)10(16)4-8(7)14/h3-4,11,17H,5-6H2,1-2H3,(H,18,19). The number of rotatable bonds is 5. The van der Waals surface area contributed by atoms with Gasteiger partial charge in [0.2, 0.25) is 0 Å². The monoisotopic (exact) mass is 292 g/mol. The van der Waals surface area contributed by atoms with Gasteiger partial charge in [-0.25, -0.2) is 8.78 Å². The summed E-state index contributed by atoms with van der Waals surface area (Å²) in [4.78, 5) is 10.7. The highest BCUT2D eigenvalue weighted by atomic mass is 35.5. The van der Waals surface area contributed by atoms with E-state index in [2.05, 4.69) is 0 Å². The number of aliphatic hydroxyl groups is 1. The van der Waals surface area contributed by atoms with Gasteiger partial charge in [0.1, 0.15) is 0 Å². The van der Waals surface area contributed by atoms with E-state index < -0.39 is 29.1 Å². The Morgan fingerprint density at radius 3 is 2.42 bits per heavy atom. The highest BCUT2D eigenvalue weighted by Crippen LogP contribution is 2.36. The van der Waals surface area contributed by atoms with Crippen LogP contribution in [0.25, 0.3) is 0 Å². The Bertz CT molecular complexity index is 489. The Morgan fingerprint density at radius 2 is 1.89 bits per heavy atom. The summed E-state index contributed by atoms with van der Waals surface area (Å²) in [5, 5.41) is 18.7. The van der Waals surface area contributed by atoms with Crippen LogP contribution in [-0.4, -0.2) is 16.2 Å². The van der Waals surface area contributed by atoms with E-state index in [4.69, 9.17) is 16.7 Å². The second kappa shape index (κ2) is 5.84. The third-order valence-corrected chi connectivity index (χ3v) is 3.10. The van der Waals surface area contributed by atoms with Crippen molar-refractivity contribution in [1.82, 2.24) is 0 Å². The van der Waals surface area contributed by atoms with Crippen molar-refractivity contribution < 1.29 is 23.8 Å². The first-order valence-electron chi connectivity index (χ1n) is 5.67. The summed E-state index contributed by atoms with van der Waals surface area (Å²) in [7, 11) is 0. The predicted octanol–water partition coefficient (Wildman–Crippen LogP) is 3.54. The van der Waals surface area contributed by atoms with Crippen LogP contribution in [0.2, 0.25) is 5.02 Å². The highest BCUT2D eigenvalue weighted by Gasteiger charge is 2.27. The van der Waals surface area contributed by atoms with E-state index in [0.29, 0.717) is 0 Å². The lowest BCUT2D eigenvalue weighted by Gasteiger charge is -2.26. The maximum Gasteiger partial charge on any atom is 0.303 e. The minimum Gasteiger partial charge on any atom is -0.481 e. The quantitative estimate of drug-likeness (QED) is 0.816. The van der Waals surface area contributed by atoms with Gasteiger partial charge in [0.25, 0.3) is 0 Å². The molecule has 0 aliphatic heterocycles. The number of aliphatic hydroxyl groups excluding tert-OH is 1. The predicted molar refractivity (Wildman–Crippen MR) is 67.0 cm³/mol. The molecule has 0 saturated carbocycles. The van der Waals surface area contributed by atoms with Crippen LogP contribution in [-0.2, 0) is 4.79 Å². The lowest BCUT2D eigenvalue weighted by molar-refractivity contribution is -0.139. The normalized spacial score (nSPS) is 13.4. The van der Waals surface area contributed by atoms with Crippen LogP contribution >= 0.6 is 11.6 Å². The van der Waals surface area contributed by atoms with Crippen molar-refractivity contribution in [2.75, 3.05) is 0 Å². The molecule has 1 rings (SSSR count). The van der Waals surface area contributed by atoms with Crippen molar-refractivity contribution in [2.45, 2.75) is 32.8 Å². The second-order valence-electron chi connectivity index (χ2n) is 5.24. The smallest absolute Gasteiger partial charge is 0.303 e. The highest BCUT2D eigenvalue weighted by molar-refractivity contribution is 6.31. The van der Waals surface area contributed by atoms with E-state index in [-0.39, 0.29) is 23.4 Å². The first kappa shape index (κ1) is 15.9. The van der Waals surface area contributed by atoms with Crippen molar-refractivity contribution in [3.8, 4) is 0 Å². The molecule has 0 aliphatic carbocycles. The van der Waals surface area contributed by atoms with E-state index in [1.807, 2.05) is 0 Å². The molecule has 0 aliphatic rings. The molecule has 0 aromatic heterocycles. The lowest BCUT2D eigenvalue weighted by atomic mass is 9.82. The van der Waals surface area contributed by atoms with Gasteiger partial charge in [-0.3, -0.25) is 4.79 Å². The zero-order valence-electron chi connectivity index (χ0n) is 10.6. The number of carboxylic acids is 1. The van der Waals surface area contributed by atoms with Gasteiger partial charge in [0.05, 0.1) is 12.5 Å². The minimum absolute atomic E-state index is 0.0547. The van der Waals surface area contributed by atoms with Crippen LogP contribution in [0.4, 0.5) is 8.78 Å². The van der Waals surface area contributed by atoms with Crippen molar-refractivity contribution in [2.24, 2.45) is 5.41 Å². The third kappa shape index (κ3) is 4.44. The van der Waals surface area contributed by atoms with Crippen molar-refractivity contribution in [1.29, 1.82) is 0 Å². The third-order valence-electron chi connectivity index (χ3n) is 2.77. The number of hydrogen-bond donors (Lipinski definition) is 2. The molecular weight excluding hydrogens is 278 g/mol. The number of carboxylic acid groups (broad SMARTS) is 1. The molecular formula is C13H15ClF2O3. The van der Waals surface area contributed by atoms with Gasteiger partial charge >= 0.3 is 5.97 Å². The summed E-state index contributed by atoms with van der Waals surface area (Å²) < 4.78 is 26.0. The minimum atomic E-state index is -1.16. The van der Waals surface area contributed by atoms with Gasteiger partial charge in [-0.2, -0.15) is 0 Å². The molecule has 0 fully saturated rings. The molecule has 2 N–H and O–H groups in total. The summed E-state index contributed by atoms with van der Waals surface area (Å²) in [6.45, 7) is 3.33. The van der Waals surface area contributed by atoms with E-state index in [0.717, 1.165) is 12.1 Å². The van der Waals surface area contributed by atoms with Crippen molar-refractivity contribution in [3.05, 3.63) is 34.4 Å². The number of halogens is 3. The second-order valence-corrected chi connectivity index (χ2v) is 5.65. The molecule has 3 nitrogen and oxygen atoms in total. The lowest BCUT2D eigenvalue weighted by Crippen LogP contribution is -2.20. The topological polar surface area (TPSA) is 57.5 Å². The maximum atomic E-state index is 13.1. The molecule has 0 heterocycles.